The summed E-state index contributed by atoms with van der Waals surface area (Å²) >= 11 is 6.44. The van der Waals surface area contributed by atoms with Crippen LogP contribution in [0, 0.1) is 5.82 Å². The number of carbonyl (C=O) groups excluding carboxylic acids is 2. The second-order valence-electron chi connectivity index (χ2n) is 8.30. The summed E-state index contributed by atoms with van der Waals surface area (Å²) in [5.41, 5.74) is 1.82. The fourth-order valence-electron chi connectivity index (χ4n) is 4.00. The molecule has 0 saturated carbocycles. The third kappa shape index (κ3) is 4.77. The molecule has 0 bridgehead atoms. The van der Waals surface area contributed by atoms with E-state index in [0.29, 0.717) is 59.0 Å². The number of aromatic nitrogens is 1. The number of nitrogens with zero attached hydrogens (tertiary/aromatic N) is 3. The van der Waals surface area contributed by atoms with Gasteiger partial charge in [0, 0.05) is 42.2 Å². The quantitative estimate of drug-likeness (QED) is 0.556. The number of carbonyl (C=O) groups is 2. The number of hydrogen-bond donors (Lipinski definition) is 1. The van der Waals surface area contributed by atoms with Crippen LogP contribution >= 0.6 is 11.6 Å². The molecule has 1 fully saturated rings. The Hall–Kier alpha value is -3.39. The number of halogens is 2. The van der Waals surface area contributed by atoms with E-state index in [9.17, 15) is 19.1 Å². The zero-order valence-corrected chi connectivity index (χ0v) is 19.7. The monoisotopic (exact) mass is 485 g/mol. The number of piperazine rings is 1. The molecule has 7 nitrogen and oxygen atoms in total. The Morgan fingerprint density at radius 1 is 1.21 bits per heavy atom. The number of ether oxygens (including phenoxy) is 1. The SMILES string of the molecule is CCCOC(=O)N1CCN(C(=O)c2ccc3c(Cl)cc(-c4ccc(O)c(F)c4)nc3c2)[C@@H](C)C1. The molecule has 1 atom stereocenters. The van der Waals surface area contributed by atoms with Crippen LogP contribution in [-0.2, 0) is 4.74 Å². The standard InChI is InChI=1S/C25H25ClFN3O4/c1-3-10-34-25(33)29-8-9-30(15(2)14-29)24(32)17-4-6-18-19(26)13-21(28-22(18)12-17)16-5-7-23(31)20(27)11-16/h4-7,11-13,15,31H,3,8-10,14H2,1-2H3/t15-/m0/s1. The highest BCUT2D eigenvalue weighted by Crippen LogP contribution is 2.31. The van der Waals surface area contributed by atoms with Gasteiger partial charge in [0.1, 0.15) is 0 Å². The van der Waals surface area contributed by atoms with E-state index in [0.717, 1.165) is 6.42 Å². The number of amides is 2. The molecule has 178 valence electrons. The predicted octanol–water partition coefficient (Wildman–Crippen LogP) is 5.09. The maximum absolute atomic E-state index is 13.8. The molecule has 2 aromatic carbocycles. The number of pyridine rings is 1. The summed E-state index contributed by atoms with van der Waals surface area (Å²) in [6.07, 6.45) is 0.395. The van der Waals surface area contributed by atoms with E-state index in [1.807, 2.05) is 13.8 Å². The van der Waals surface area contributed by atoms with E-state index in [1.165, 1.54) is 12.1 Å². The zero-order chi connectivity index (χ0) is 24.4. The maximum atomic E-state index is 13.8. The summed E-state index contributed by atoms with van der Waals surface area (Å²) in [6, 6.07) is 10.5. The molecule has 1 aliphatic heterocycles. The van der Waals surface area contributed by atoms with Crippen molar-refractivity contribution in [3.8, 4) is 17.0 Å². The summed E-state index contributed by atoms with van der Waals surface area (Å²) in [7, 11) is 0. The summed E-state index contributed by atoms with van der Waals surface area (Å²) in [5.74, 6) is -1.38. The summed E-state index contributed by atoms with van der Waals surface area (Å²) in [4.78, 5) is 33.4. The van der Waals surface area contributed by atoms with Gasteiger partial charge in [-0.25, -0.2) is 14.2 Å². The average Bonchev–Trinajstić information content (AvgIpc) is 2.83. The lowest BCUT2D eigenvalue weighted by Gasteiger charge is -2.39. The van der Waals surface area contributed by atoms with Crippen LogP contribution in [0.5, 0.6) is 5.75 Å². The van der Waals surface area contributed by atoms with Crippen LogP contribution in [0.4, 0.5) is 9.18 Å². The van der Waals surface area contributed by atoms with Gasteiger partial charge in [0.25, 0.3) is 5.91 Å². The first-order chi connectivity index (χ1) is 16.3. The van der Waals surface area contributed by atoms with E-state index in [2.05, 4.69) is 4.98 Å². The highest BCUT2D eigenvalue weighted by molar-refractivity contribution is 6.35. The highest BCUT2D eigenvalue weighted by Gasteiger charge is 2.31. The minimum atomic E-state index is -0.758. The molecule has 1 aromatic heterocycles. The van der Waals surface area contributed by atoms with E-state index in [-0.39, 0.29) is 18.0 Å². The molecule has 0 spiro atoms. The fourth-order valence-corrected chi connectivity index (χ4v) is 4.27. The molecule has 34 heavy (non-hydrogen) atoms. The molecule has 1 aliphatic rings. The van der Waals surface area contributed by atoms with Crippen LogP contribution in [0.2, 0.25) is 5.02 Å². The number of phenols is 1. The average molecular weight is 486 g/mol. The summed E-state index contributed by atoms with van der Waals surface area (Å²) in [6.45, 7) is 5.38. The van der Waals surface area contributed by atoms with Gasteiger partial charge in [0.15, 0.2) is 11.6 Å². The molecule has 0 unspecified atom stereocenters. The lowest BCUT2D eigenvalue weighted by molar-refractivity contribution is 0.0414. The number of hydrogen-bond acceptors (Lipinski definition) is 5. The molecule has 2 heterocycles. The number of rotatable bonds is 4. The van der Waals surface area contributed by atoms with Crippen LogP contribution in [0.15, 0.2) is 42.5 Å². The third-order valence-corrected chi connectivity index (χ3v) is 6.14. The minimum absolute atomic E-state index is 0.171. The first kappa shape index (κ1) is 23.8. The van der Waals surface area contributed by atoms with Gasteiger partial charge < -0.3 is 19.6 Å². The Bertz CT molecular complexity index is 1250. The van der Waals surface area contributed by atoms with Crippen LogP contribution < -0.4 is 0 Å². The molecule has 1 saturated heterocycles. The first-order valence-electron chi connectivity index (χ1n) is 11.1. The van der Waals surface area contributed by atoms with Gasteiger partial charge in [-0.3, -0.25) is 4.79 Å². The number of phenolic OH excluding ortho intramolecular Hbond substituents is 1. The van der Waals surface area contributed by atoms with Crippen LogP contribution in [0.1, 0.15) is 30.6 Å². The van der Waals surface area contributed by atoms with Crippen molar-refractivity contribution in [2.45, 2.75) is 26.3 Å². The van der Waals surface area contributed by atoms with Crippen molar-refractivity contribution in [3.63, 3.8) is 0 Å². The van der Waals surface area contributed by atoms with Crippen molar-refractivity contribution in [3.05, 3.63) is 58.9 Å². The number of fused-ring (bicyclic) bond motifs is 1. The molecule has 3 aromatic rings. The van der Waals surface area contributed by atoms with Crippen molar-refractivity contribution < 1.29 is 23.8 Å². The second kappa shape index (κ2) is 9.85. The van der Waals surface area contributed by atoms with E-state index in [4.69, 9.17) is 16.3 Å². The lowest BCUT2D eigenvalue weighted by atomic mass is 10.1. The molecular formula is C25H25ClFN3O4. The molecule has 0 radical (unpaired) electrons. The summed E-state index contributed by atoms with van der Waals surface area (Å²) < 4.78 is 19.0. The maximum Gasteiger partial charge on any atom is 0.409 e. The predicted molar refractivity (Wildman–Crippen MR) is 128 cm³/mol. The van der Waals surface area contributed by atoms with Crippen molar-refractivity contribution in [1.82, 2.24) is 14.8 Å². The van der Waals surface area contributed by atoms with Crippen LogP contribution in [-0.4, -0.2) is 64.2 Å². The molecule has 1 N–H and O–H groups in total. The van der Waals surface area contributed by atoms with Gasteiger partial charge in [-0.05, 0) is 49.7 Å². The third-order valence-electron chi connectivity index (χ3n) is 5.83. The Kier molecular flexibility index (Phi) is 6.88. The number of aromatic hydroxyl groups is 1. The van der Waals surface area contributed by atoms with Gasteiger partial charge in [0.05, 0.1) is 22.8 Å². The molecular weight excluding hydrogens is 461 g/mol. The topological polar surface area (TPSA) is 83.0 Å². The van der Waals surface area contributed by atoms with Gasteiger partial charge in [-0.15, -0.1) is 0 Å². The van der Waals surface area contributed by atoms with Crippen LogP contribution in [0.25, 0.3) is 22.2 Å². The largest absolute Gasteiger partial charge is 0.505 e. The van der Waals surface area contributed by atoms with E-state index < -0.39 is 11.6 Å². The molecule has 0 aliphatic carbocycles. The highest BCUT2D eigenvalue weighted by atomic mass is 35.5. The fraction of sp³-hybridized carbons (Fsp3) is 0.320. The van der Waals surface area contributed by atoms with Crippen molar-refractivity contribution in [2.24, 2.45) is 0 Å². The Balaban J connectivity index is 1.58. The van der Waals surface area contributed by atoms with E-state index in [1.54, 1.807) is 40.1 Å². The first-order valence-corrected chi connectivity index (χ1v) is 11.5. The van der Waals surface area contributed by atoms with Gasteiger partial charge in [0.2, 0.25) is 0 Å². The Labute approximate surface area is 201 Å². The second-order valence-corrected chi connectivity index (χ2v) is 8.70. The van der Waals surface area contributed by atoms with Gasteiger partial charge >= 0.3 is 6.09 Å². The van der Waals surface area contributed by atoms with Crippen LogP contribution in [0.3, 0.4) is 0 Å². The van der Waals surface area contributed by atoms with Crippen molar-refractivity contribution in [2.75, 3.05) is 26.2 Å². The summed E-state index contributed by atoms with van der Waals surface area (Å²) in [5, 5.41) is 10.5. The normalized spacial score (nSPS) is 16.1. The Morgan fingerprint density at radius 2 is 2.00 bits per heavy atom. The van der Waals surface area contributed by atoms with Crippen molar-refractivity contribution >= 4 is 34.5 Å². The van der Waals surface area contributed by atoms with Gasteiger partial charge in [-0.2, -0.15) is 0 Å². The smallest absolute Gasteiger partial charge is 0.409 e. The van der Waals surface area contributed by atoms with Gasteiger partial charge in [-0.1, -0.05) is 24.6 Å². The lowest BCUT2D eigenvalue weighted by Crippen LogP contribution is -2.55. The molecule has 2 amide bonds. The minimum Gasteiger partial charge on any atom is -0.505 e. The zero-order valence-electron chi connectivity index (χ0n) is 18.9. The van der Waals surface area contributed by atoms with E-state index >= 15 is 0 Å². The molecule has 4 rings (SSSR count). The molecule has 9 heteroatoms. The Morgan fingerprint density at radius 3 is 2.71 bits per heavy atom. The number of benzene rings is 2. The van der Waals surface area contributed by atoms with Crippen molar-refractivity contribution in [1.29, 1.82) is 0 Å².